The number of carboxylic acids is 2. The maximum absolute atomic E-state index is 12.2. The van der Waals surface area contributed by atoms with E-state index in [0.717, 1.165) is 16.7 Å². The average molecular weight is 350 g/mol. The second-order valence-electron chi connectivity index (χ2n) is 6.11. The molecule has 2 aromatic heterocycles. The van der Waals surface area contributed by atoms with E-state index in [9.17, 15) is 19.8 Å². The lowest BCUT2D eigenvalue weighted by Crippen LogP contribution is -2.45. The summed E-state index contributed by atoms with van der Waals surface area (Å²) in [5.74, 6) is -2.34. The molecule has 0 spiro atoms. The van der Waals surface area contributed by atoms with Gasteiger partial charge in [-0.2, -0.15) is 0 Å². The highest BCUT2D eigenvalue weighted by Gasteiger charge is 2.42. The highest BCUT2D eigenvalue weighted by atomic mass is 16.4. The number of hydrogen-bond donors (Lipinski definition) is 2. The summed E-state index contributed by atoms with van der Waals surface area (Å²) >= 11 is 0. The van der Waals surface area contributed by atoms with Crippen molar-refractivity contribution in [2.24, 2.45) is 0 Å². The molecular weight excluding hydrogens is 332 g/mol. The number of pyridine rings is 1. The molecule has 26 heavy (non-hydrogen) atoms. The van der Waals surface area contributed by atoms with Gasteiger partial charge < -0.3 is 14.8 Å². The normalized spacial score (nSPS) is 13.1. The summed E-state index contributed by atoms with van der Waals surface area (Å²) in [5.41, 5.74) is 0.832. The molecule has 0 saturated carbocycles. The number of aliphatic carboxylic acids is 2. The van der Waals surface area contributed by atoms with E-state index < -0.39 is 23.9 Å². The Labute approximate surface area is 150 Å². The topological polar surface area (TPSA) is 92.4 Å². The first-order valence-corrected chi connectivity index (χ1v) is 8.09. The average Bonchev–Trinajstić information content (AvgIpc) is 3.13. The summed E-state index contributed by atoms with van der Waals surface area (Å²) in [6.07, 6.45) is 6.14. The van der Waals surface area contributed by atoms with Gasteiger partial charge in [0.25, 0.3) is 0 Å². The molecule has 6 heteroatoms. The van der Waals surface area contributed by atoms with E-state index in [4.69, 9.17) is 0 Å². The molecule has 0 amide bonds. The quantitative estimate of drug-likeness (QED) is 0.683. The molecule has 0 aliphatic heterocycles. The summed E-state index contributed by atoms with van der Waals surface area (Å²) in [4.78, 5) is 27.7. The van der Waals surface area contributed by atoms with E-state index in [1.165, 1.54) is 4.57 Å². The molecule has 1 atom stereocenters. The fourth-order valence-electron chi connectivity index (χ4n) is 3.07. The van der Waals surface area contributed by atoms with Crippen molar-refractivity contribution in [2.75, 3.05) is 0 Å². The van der Waals surface area contributed by atoms with E-state index >= 15 is 0 Å². The molecule has 0 fully saturated rings. The lowest BCUT2D eigenvalue weighted by molar-refractivity contribution is -0.154. The Bertz CT molecular complexity index is 906. The number of aromatic nitrogens is 2. The zero-order chi connectivity index (χ0) is 18.6. The Balaban J connectivity index is 2.06. The Morgan fingerprint density at radius 3 is 2.27 bits per heavy atom. The van der Waals surface area contributed by atoms with Crippen molar-refractivity contribution in [3.63, 3.8) is 0 Å². The van der Waals surface area contributed by atoms with Gasteiger partial charge in [0.15, 0.2) is 5.54 Å². The van der Waals surface area contributed by atoms with Crippen LogP contribution in [0.1, 0.15) is 12.0 Å². The summed E-state index contributed by atoms with van der Waals surface area (Å²) in [6.45, 7) is 0. The minimum absolute atomic E-state index is 0.0694. The maximum Gasteiger partial charge on any atom is 0.330 e. The molecular formula is C20H18N2O4. The molecule has 2 heterocycles. The van der Waals surface area contributed by atoms with Crippen molar-refractivity contribution in [2.45, 2.75) is 18.4 Å². The van der Waals surface area contributed by atoms with Gasteiger partial charge in [-0.3, -0.25) is 9.78 Å². The van der Waals surface area contributed by atoms with Gasteiger partial charge in [-0.25, -0.2) is 4.79 Å². The van der Waals surface area contributed by atoms with E-state index in [0.29, 0.717) is 0 Å². The van der Waals surface area contributed by atoms with Gasteiger partial charge in [-0.1, -0.05) is 30.3 Å². The van der Waals surface area contributed by atoms with Crippen molar-refractivity contribution < 1.29 is 19.8 Å². The van der Waals surface area contributed by atoms with Crippen LogP contribution in [-0.2, 0) is 21.5 Å². The van der Waals surface area contributed by atoms with Gasteiger partial charge in [0.05, 0.1) is 6.42 Å². The standard InChI is InChI=1S/C20H18N2O4/c23-18(24)13-20(19(25)26,12-15-4-2-1-3-5-15)22-11-8-17(14-22)16-6-9-21-10-7-16/h1-11,14H,12-13H2,(H,23,24)(H,25,26)/t20-/m1/s1. The van der Waals surface area contributed by atoms with Crippen LogP contribution in [0.2, 0.25) is 0 Å². The molecule has 0 aliphatic rings. The molecule has 0 saturated heterocycles. The van der Waals surface area contributed by atoms with E-state index in [1.54, 1.807) is 55.1 Å². The summed E-state index contributed by atoms with van der Waals surface area (Å²) < 4.78 is 1.49. The third kappa shape index (κ3) is 3.49. The van der Waals surface area contributed by atoms with E-state index in [-0.39, 0.29) is 6.42 Å². The predicted molar refractivity (Wildman–Crippen MR) is 95.7 cm³/mol. The molecule has 0 unspecified atom stereocenters. The number of carbonyl (C=O) groups is 2. The monoisotopic (exact) mass is 350 g/mol. The van der Waals surface area contributed by atoms with Crippen LogP contribution in [-0.4, -0.2) is 31.7 Å². The number of carboxylic acid groups (broad SMARTS) is 2. The van der Waals surface area contributed by atoms with Crippen LogP contribution in [0.4, 0.5) is 0 Å². The fourth-order valence-corrected chi connectivity index (χ4v) is 3.07. The first-order chi connectivity index (χ1) is 12.5. The molecule has 3 rings (SSSR count). The van der Waals surface area contributed by atoms with Gasteiger partial charge in [0.2, 0.25) is 0 Å². The number of nitrogens with zero attached hydrogens (tertiary/aromatic N) is 2. The number of hydrogen-bond acceptors (Lipinski definition) is 3. The number of benzene rings is 1. The van der Waals surface area contributed by atoms with Gasteiger partial charge in [0.1, 0.15) is 0 Å². The highest BCUT2D eigenvalue weighted by molar-refractivity contribution is 5.84. The van der Waals surface area contributed by atoms with Crippen molar-refractivity contribution in [3.05, 3.63) is 78.9 Å². The minimum Gasteiger partial charge on any atom is -0.481 e. The summed E-state index contributed by atoms with van der Waals surface area (Å²) in [7, 11) is 0. The van der Waals surface area contributed by atoms with Gasteiger partial charge in [-0.15, -0.1) is 0 Å². The highest BCUT2D eigenvalue weighted by Crippen LogP contribution is 2.30. The smallest absolute Gasteiger partial charge is 0.330 e. The Morgan fingerprint density at radius 1 is 0.962 bits per heavy atom. The van der Waals surface area contributed by atoms with Gasteiger partial charge in [-0.05, 0) is 34.9 Å². The van der Waals surface area contributed by atoms with Crippen LogP contribution in [0, 0.1) is 0 Å². The zero-order valence-electron chi connectivity index (χ0n) is 13.9. The molecule has 6 nitrogen and oxygen atoms in total. The Kier molecular flexibility index (Phi) is 4.84. The number of rotatable bonds is 7. The Hall–Kier alpha value is -3.41. The van der Waals surface area contributed by atoms with Crippen molar-refractivity contribution in [1.29, 1.82) is 0 Å². The molecule has 2 N–H and O–H groups in total. The van der Waals surface area contributed by atoms with Crippen LogP contribution in [0.15, 0.2) is 73.3 Å². The molecule has 0 radical (unpaired) electrons. The van der Waals surface area contributed by atoms with Crippen molar-refractivity contribution >= 4 is 11.9 Å². The fraction of sp³-hybridized carbons (Fsp3) is 0.150. The largest absolute Gasteiger partial charge is 0.481 e. The van der Waals surface area contributed by atoms with Crippen LogP contribution in [0.5, 0.6) is 0 Å². The third-order valence-corrected chi connectivity index (χ3v) is 4.38. The van der Waals surface area contributed by atoms with E-state index in [1.807, 2.05) is 18.2 Å². The van der Waals surface area contributed by atoms with Gasteiger partial charge >= 0.3 is 11.9 Å². The minimum atomic E-state index is -1.61. The molecule has 132 valence electrons. The first kappa shape index (κ1) is 17.4. The van der Waals surface area contributed by atoms with Crippen LogP contribution in [0.3, 0.4) is 0 Å². The van der Waals surface area contributed by atoms with Crippen molar-refractivity contribution in [3.8, 4) is 11.1 Å². The van der Waals surface area contributed by atoms with Crippen LogP contribution >= 0.6 is 0 Å². The molecule has 0 bridgehead atoms. The van der Waals surface area contributed by atoms with Gasteiger partial charge in [0, 0.05) is 31.2 Å². The third-order valence-electron chi connectivity index (χ3n) is 4.38. The van der Waals surface area contributed by atoms with Crippen molar-refractivity contribution in [1.82, 2.24) is 9.55 Å². The SMILES string of the molecule is O=C(O)C[C@](Cc1ccccc1)(C(=O)O)n1ccc(-c2ccncc2)c1. The Morgan fingerprint density at radius 2 is 1.65 bits per heavy atom. The van der Waals surface area contributed by atoms with Crippen LogP contribution in [0.25, 0.3) is 11.1 Å². The predicted octanol–water partition coefficient (Wildman–Crippen LogP) is 3.05. The molecule has 3 aromatic rings. The maximum atomic E-state index is 12.2. The zero-order valence-corrected chi connectivity index (χ0v) is 13.9. The molecule has 0 aliphatic carbocycles. The summed E-state index contributed by atoms with van der Waals surface area (Å²) in [6, 6.07) is 14.5. The summed E-state index contributed by atoms with van der Waals surface area (Å²) in [5, 5.41) is 19.3. The second-order valence-corrected chi connectivity index (χ2v) is 6.11. The molecule has 1 aromatic carbocycles. The first-order valence-electron chi connectivity index (χ1n) is 8.09. The lowest BCUT2D eigenvalue weighted by Gasteiger charge is -2.30. The lowest BCUT2D eigenvalue weighted by atomic mass is 9.87. The van der Waals surface area contributed by atoms with Crippen LogP contribution < -0.4 is 0 Å². The van der Waals surface area contributed by atoms with E-state index in [2.05, 4.69) is 4.98 Å². The second kappa shape index (κ2) is 7.23.